The molecular weight excluding hydrogens is 562 g/mol. The van der Waals surface area contributed by atoms with Crippen molar-refractivity contribution in [2.45, 2.75) is 6.92 Å². The number of ether oxygens (including phenoxy) is 1. The normalized spacial score (nSPS) is 10.8. The lowest BCUT2D eigenvalue weighted by Gasteiger charge is -2.10. The van der Waals surface area contributed by atoms with Crippen LogP contribution in [-0.2, 0) is 4.74 Å². The smallest absolute Gasteiger partial charge is 0.359 e. The maximum Gasteiger partial charge on any atom is 0.359 e. The number of hydrogen-bond donors (Lipinski definition) is 1. The van der Waals surface area contributed by atoms with Crippen molar-refractivity contribution in [3.63, 3.8) is 0 Å². The maximum atomic E-state index is 13.4. The first-order valence-electron chi connectivity index (χ1n) is 9.44. The Bertz CT molecular complexity index is 1400. The molecule has 4 aromatic rings. The number of benzene rings is 2. The van der Waals surface area contributed by atoms with E-state index in [1.807, 2.05) is 0 Å². The van der Waals surface area contributed by atoms with Crippen LogP contribution in [-0.4, -0.2) is 28.3 Å². The molecule has 2 heterocycles. The summed E-state index contributed by atoms with van der Waals surface area (Å²) in [5, 5.41) is 9.55. The largest absolute Gasteiger partial charge is 0.461 e. The summed E-state index contributed by atoms with van der Waals surface area (Å²) in [5.41, 5.74) is 0.433. The van der Waals surface area contributed by atoms with Gasteiger partial charge in [0, 0.05) is 19.7 Å². The van der Waals surface area contributed by atoms with Crippen LogP contribution in [0.25, 0.3) is 16.5 Å². The second-order valence-electron chi connectivity index (χ2n) is 6.55. The molecule has 0 atom stereocenters. The van der Waals surface area contributed by atoms with Crippen LogP contribution in [0.15, 0.2) is 67.7 Å². The highest BCUT2D eigenvalue weighted by Gasteiger charge is 2.23. The van der Waals surface area contributed by atoms with Gasteiger partial charge in [-0.2, -0.15) is 9.78 Å². The molecule has 2 aromatic heterocycles. The highest BCUT2D eigenvalue weighted by Crippen LogP contribution is 2.31. The molecule has 1 N–H and O–H groups in total. The standard InChI is InChI=1S/C22H15Br2N3O4S/c1-2-31-22(30)18-15-11-32-20(25-19(28)14-5-3-4-6-16(14)24)17(15)21(29)27(26-18)13-9-7-12(23)8-10-13/h3-11H,2H2,1H3,(H,25,28). The van der Waals surface area contributed by atoms with E-state index in [9.17, 15) is 14.4 Å². The van der Waals surface area contributed by atoms with Crippen LogP contribution in [0.3, 0.4) is 0 Å². The summed E-state index contributed by atoms with van der Waals surface area (Å²) < 4.78 is 7.74. The minimum absolute atomic E-state index is 0.00186. The van der Waals surface area contributed by atoms with E-state index in [0.717, 1.165) is 20.5 Å². The third kappa shape index (κ3) is 4.25. The number of amides is 1. The Morgan fingerprint density at radius 2 is 1.84 bits per heavy atom. The molecule has 0 aliphatic carbocycles. The van der Waals surface area contributed by atoms with Crippen molar-refractivity contribution in [3.05, 3.63) is 84.5 Å². The monoisotopic (exact) mass is 575 g/mol. The zero-order valence-corrected chi connectivity index (χ0v) is 20.6. The Balaban J connectivity index is 1.89. The summed E-state index contributed by atoms with van der Waals surface area (Å²) in [4.78, 5) is 38.9. The van der Waals surface area contributed by atoms with Crippen molar-refractivity contribution in [2.75, 3.05) is 11.9 Å². The number of esters is 1. The third-order valence-electron chi connectivity index (χ3n) is 4.54. The molecule has 32 heavy (non-hydrogen) atoms. The van der Waals surface area contributed by atoms with Gasteiger partial charge in [-0.1, -0.05) is 28.1 Å². The Hall–Kier alpha value is -2.82. The van der Waals surface area contributed by atoms with Gasteiger partial charge in [-0.15, -0.1) is 11.3 Å². The number of carbonyl (C=O) groups is 2. The number of aromatic nitrogens is 2. The second-order valence-corrected chi connectivity index (χ2v) is 9.20. The number of anilines is 1. The average Bonchev–Trinajstić information content (AvgIpc) is 3.19. The minimum Gasteiger partial charge on any atom is -0.461 e. The van der Waals surface area contributed by atoms with Crippen LogP contribution >= 0.6 is 43.2 Å². The molecule has 0 aliphatic heterocycles. The number of carbonyl (C=O) groups excluding carboxylic acids is 2. The molecule has 0 radical (unpaired) electrons. The lowest BCUT2D eigenvalue weighted by atomic mass is 10.2. The Morgan fingerprint density at radius 1 is 1.12 bits per heavy atom. The quantitative estimate of drug-likeness (QED) is 0.321. The maximum absolute atomic E-state index is 13.4. The van der Waals surface area contributed by atoms with Gasteiger partial charge in [0.2, 0.25) is 0 Å². The van der Waals surface area contributed by atoms with E-state index in [0.29, 0.717) is 26.1 Å². The molecule has 162 valence electrons. The molecule has 0 saturated heterocycles. The van der Waals surface area contributed by atoms with Gasteiger partial charge in [0.15, 0.2) is 5.69 Å². The fourth-order valence-electron chi connectivity index (χ4n) is 3.07. The van der Waals surface area contributed by atoms with Crippen molar-refractivity contribution in [1.82, 2.24) is 9.78 Å². The van der Waals surface area contributed by atoms with Crippen LogP contribution in [0.4, 0.5) is 5.00 Å². The fraction of sp³-hybridized carbons (Fsp3) is 0.0909. The number of fused-ring (bicyclic) bond motifs is 1. The number of rotatable bonds is 5. The number of halogens is 2. The molecular formula is C22H15Br2N3O4S. The van der Waals surface area contributed by atoms with Gasteiger partial charge in [-0.25, -0.2) is 4.79 Å². The minimum atomic E-state index is -0.648. The molecule has 0 aliphatic rings. The Kier molecular flexibility index (Phi) is 6.54. The van der Waals surface area contributed by atoms with Gasteiger partial charge >= 0.3 is 5.97 Å². The lowest BCUT2D eigenvalue weighted by molar-refractivity contribution is 0.0520. The molecule has 0 saturated carbocycles. The molecule has 2 aromatic carbocycles. The van der Waals surface area contributed by atoms with Gasteiger partial charge < -0.3 is 10.1 Å². The van der Waals surface area contributed by atoms with Gasteiger partial charge in [0.05, 0.1) is 23.2 Å². The second kappa shape index (κ2) is 9.35. The number of thiophene rings is 1. The molecule has 0 spiro atoms. The molecule has 0 bridgehead atoms. The van der Waals surface area contributed by atoms with E-state index in [2.05, 4.69) is 42.3 Å². The number of hydrogen-bond acceptors (Lipinski definition) is 6. The molecule has 1 amide bonds. The zero-order chi connectivity index (χ0) is 22.8. The van der Waals surface area contributed by atoms with E-state index in [-0.39, 0.29) is 23.6 Å². The zero-order valence-electron chi connectivity index (χ0n) is 16.6. The van der Waals surface area contributed by atoms with Gasteiger partial charge in [0.1, 0.15) is 5.00 Å². The molecule has 4 rings (SSSR count). The third-order valence-corrected chi connectivity index (χ3v) is 6.65. The van der Waals surface area contributed by atoms with Crippen molar-refractivity contribution in [2.24, 2.45) is 0 Å². The van der Waals surface area contributed by atoms with Crippen LogP contribution in [0.1, 0.15) is 27.8 Å². The van der Waals surface area contributed by atoms with E-state index < -0.39 is 11.5 Å². The summed E-state index contributed by atoms with van der Waals surface area (Å²) in [5.74, 6) is -1.03. The summed E-state index contributed by atoms with van der Waals surface area (Å²) in [6.45, 7) is 1.85. The predicted molar refractivity (Wildman–Crippen MR) is 131 cm³/mol. The van der Waals surface area contributed by atoms with Crippen molar-refractivity contribution in [3.8, 4) is 5.69 Å². The summed E-state index contributed by atoms with van der Waals surface area (Å²) in [6, 6.07) is 13.9. The van der Waals surface area contributed by atoms with Crippen LogP contribution in [0.5, 0.6) is 0 Å². The van der Waals surface area contributed by atoms with Crippen molar-refractivity contribution < 1.29 is 14.3 Å². The topological polar surface area (TPSA) is 90.3 Å². The first-order chi connectivity index (χ1) is 15.4. The van der Waals surface area contributed by atoms with Crippen molar-refractivity contribution >= 4 is 70.8 Å². The van der Waals surface area contributed by atoms with Gasteiger partial charge in [-0.3, -0.25) is 9.59 Å². The number of nitrogens with one attached hydrogen (secondary N) is 1. The lowest BCUT2D eigenvalue weighted by Crippen LogP contribution is -2.25. The summed E-state index contributed by atoms with van der Waals surface area (Å²) in [6.07, 6.45) is 0. The Labute approximate surface area is 203 Å². The summed E-state index contributed by atoms with van der Waals surface area (Å²) >= 11 is 7.87. The van der Waals surface area contributed by atoms with Gasteiger partial charge in [-0.05, 0) is 59.3 Å². The number of nitrogens with zero attached hydrogens (tertiary/aromatic N) is 2. The van der Waals surface area contributed by atoms with Gasteiger partial charge in [0.25, 0.3) is 11.5 Å². The van der Waals surface area contributed by atoms with E-state index in [1.54, 1.807) is 60.8 Å². The van der Waals surface area contributed by atoms with E-state index in [1.165, 1.54) is 0 Å². The Morgan fingerprint density at radius 3 is 2.53 bits per heavy atom. The SMILES string of the molecule is CCOC(=O)c1nn(-c2ccc(Br)cc2)c(=O)c2c(NC(=O)c3ccccc3Br)scc12. The molecule has 7 nitrogen and oxygen atoms in total. The first-order valence-corrected chi connectivity index (χ1v) is 11.9. The first kappa shape index (κ1) is 22.4. The van der Waals surface area contributed by atoms with Crippen LogP contribution < -0.4 is 10.9 Å². The summed E-state index contributed by atoms with van der Waals surface area (Å²) in [7, 11) is 0. The van der Waals surface area contributed by atoms with E-state index in [4.69, 9.17) is 4.74 Å². The highest BCUT2D eigenvalue weighted by atomic mass is 79.9. The average molecular weight is 577 g/mol. The fourth-order valence-corrected chi connectivity index (χ4v) is 4.73. The van der Waals surface area contributed by atoms with Crippen LogP contribution in [0.2, 0.25) is 0 Å². The molecule has 0 fully saturated rings. The molecule has 0 unspecified atom stereocenters. The highest BCUT2D eigenvalue weighted by molar-refractivity contribution is 9.10. The molecule has 10 heteroatoms. The van der Waals surface area contributed by atoms with E-state index >= 15 is 0 Å². The van der Waals surface area contributed by atoms with Crippen molar-refractivity contribution in [1.29, 1.82) is 0 Å². The predicted octanol–water partition coefficient (Wildman–Crippen LogP) is 5.40. The van der Waals surface area contributed by atoms with Crippen LogP contribution in [0, 0.1) is 0 Å².